The van der Waals surface area contributed by atoms with Crippen LogP contribution in [-0.2, 0) is 19.5 Å². The van der Waals surface area contributed by atoms with Gasteiger partial charge in [0.05, 0.1) is 0 Å². The van der Waals surface area contributed by atoms with Crippen LogP contribution in [0, 0.1) is 5.82 Å². The number of aryl methyl sites for hydroxylation is 1. The Bertz CT molecular complexity index is 951. The number of hydrogen-bond donors (Lipinski definition) is 1. The first-order valence-corrected chi connectivity index (χ1v) is 9.63. The molecule has 1 aliphatic rings. The van der Waals surface area contributed by atoms with Gasteiger partial charge in [0.15, 0.2) is 0 Å². The molecule has 3 aromatic carbocycles. The maximum absolute atomic E-state index is 12.9. The van der Waals surface area contributed by atoms with Gasteiger partial charge in [-0.3, -0.25) is 4.79 Å². The summed E-state index contributed by atoms with van der Waals surface area (Å²) in [6.07, 6.45) is 2.31. The predicted molar refractivity (Wildman–Crippen MR) is 110 cm³/mol. The maximum atomic E-state index is 12.9. The third-order valence-corrected chi connectivity index (χ3v) is 5.16. The van der Waals surface area contributed by atoms with Crippen LogP contribution >= 0.6 is 0 Å². The lowest BCUT2D eigenvalue weighted by Gasteiger charge is -2.31. The number of anilines is 1. The Labute approximate surface area is 164 Å². The van der Waals surface area contributed by atoms with Crippen LogP contribution in [0.2, 0.25) is 0 Å². The Morgan fingerprint density at radius 2 is 1.64 bits per heavy atom. The van der Waals surface area contributed by atoms with Crippen LogP contribution in [-0.4, -0.2) is 12.5 Å². The van der Waals surface area contributed by atoms with Crippen molar-refractivity contribution in [2.24, 2.45) is 0 Å². The van der Waals surface area contributed by atoms with Crippen LogP contribution in [0.3, 0.4) is 0 Å². The average molecular weight is 374 g/mol. The highest BCUT2D eigenvalue weighted by Gasteiger charge is 2.16. The van der Waals surface area contributed by atoms with E-state index in [1.54, 1.807) is 12.1 Å². The van der Waals surface area contributed by atoms with Crippen LogP contribution in [0.1, 0.15) is 33.5 Å². The maximum Gasteiger partial charge on any atom is 0.251 e. The van der Waals surface area contributed by atoms with E-state index in [1.165, 1.54) is 35.4 Å². The molecule has 3 nitrogen and oxygen atoms in total. The molecule has 0 aliphatic carbocycles. The molecular weight excluding hydrogens is 351 g/mol. The van der Waals surface area contributed by atoms with Gasteiger partial charge in [-0.25, -0.2) is 4.39 Å². The fourth-order valence-corrected chi connectivity index (χ4v) is 3.64. The van der Waals surface area contributed by atoms with Gasteiger partial charge in [0, 0.05) is 30.9 Å². The zero-order valence-corrected chi connectivity index (χ0v) is 15.7. The number of para-hydroxylation sites is 1. The summed E-state index contributed by atoms with van der Waals surface area (Å²) in [5.74, 6) is -0.402. The quantitative estimate of drug-likeness (QED) is 0.702. The second-order valence-electron chi connectivity index (χ2n) is 7.16. The molecule has 0 spiro atoms. The summed E-state index contributed by atoms with van der Waals surface area (Å²) < 4.78 is 12.9. The Balaban J connectivity index is 1.37. The monoisotopic (exact) mass is 374 g/mol. The van der Waals surface area contributed by atoms with E-state index in [2.05, 4.69) is 34.5 Å². The number of nitrogens with one attached hydrogen (secondary N) is 1. The molecule has 1 amide bonds. The molecule has 0 unspecified atom stereocenters. The van der Waals surface area contributed by atoms with E-state index in [4.69, 9.17) is 0 Å². The molecule has 1 aliphatic heterocycles. The summed E-state index contributed by atoms with van der Waals surface area (Å²) in [7, 11) is 0. The Hall–Kier alpha value is -3.14. The van der Waals surface area contributed by atoms with Crippen molar-refractivity contribution >= 4 is 11.6 Å². The smallest absolute Gasteiger partial charge is 0.251 e. The van der Waals surface area contributed by atoms with E-state index in [-0.39, 0.29) is 11.7 Å². The van der Waals surface area contributed by atoms with Crippen molar-refractivity contribution in [2.45, 2.75) is 25.9 Å². The predicted octanol–water partition coefficient (Wildman–Crippen LogP) is 4.71. The molecule has 4 rings (SSSR count). The first-order chi connectivity index (χ1) is 13.7. The average Bonchev–Trinajstić information content (AvgIpc) is 2.74. The van der Waals surface area contributed by atoms with Crippen LogP contribution in [0.25, 0.3) is 0 Å². The number of fused-ring (bicyclic) bond motifs is 1. The molecule has 0 radical (unpaired) electrons. The molecule has 0 aromatic heterocycles. The summed E-state index contributed by atoms with van der Waals surface area (Å²) in [6.45, 7) is 2.27. The van der Waals surface area contributed by atoms with Crippen molar-refractivity contribution in [2.75, 3.05) is 11.4 Å². The van der Waals surface area contributed by atoms with Crippen molar-refractivity contribution in [3.8, 4) is 0 Å². The molecule has 0 saturated carbocycles. The van der Waals surface area contributed by atoms with Crippen LogP contribution in [0.4, 0.5) is 10.1 Å². The largest absolute Gasteiger partial charge is 0.367 e. The van der Waals surface area contributed by atoms with Gasteiger partial charge < -0.3 is 10.2 Å². The Kier molecular flexibility index (Phi) is 5.38. The summed E-state index contributed by atoms with van der Waals surface area (Å²) in [4.78, 5) is 14.8. The van der Waals surface area contributed by atoms with Gasteiger partial charge in [0.1, 0.15) is 5.82 Å². The lowest BCUT2D eigenvalue weighted by Crippen LogP contribution is -2.28. The number of rotatable bonds is 5. The topological polar surface area (TPSA) is 32.3 Å². The summed E-state index contributed by atoms with van der Waals surface area (Å²) in [5, 5.41) is 2.88. The molecule has 0 bridgehead atoms. The van der Waals surface area contributed by atoms with Crippen LogP contribution in [0.15, 0.2) is 72.8 Å². The zero-order valence-electron chi connectivity index (χ0n) is 15.7. The molecule has 3 aromatic rings. The SMILES string of the molecule is O=C(NCc1ccc(F)cc1)c1ccc(CN2CCCc3ccccc32)cc1. The summed E-state index contributed by atoms with van der Waals surface area (Å²) >= 11 is 0. The molecular formula is C24H23FN2O. The number of nitrogens with zero attached hydrogens (tertiary/aromatic N) is 1. The van der Waals surface area contributed by atoms with Crippen molar-refractivity contribution < 1.29 is 9.18 Å². The highest BCUT2D eigenvalue weighted by Crippen LogP contribution is 2.28. The number of hydrogen-bond acceptors (Lipinski definition) is 2. The van der Waals surface area contributed by atoms with E-state index < -0.39 is 0 Å². The lowest BCUT2D eigenvalue weighted by atomic mass is 10.0. The van der Waals surface area contributed by atoms with Crippen LogP contribution < -0.4 is 10.2 Å². The van der Waals surface area contributed by atoms with Gasteiger partial charge >= 0.3 is 0 Å². The number of benzene rings is 3. The van der Waals surface area contributed by atoms with E-state index >= 15 is 0 Å². The van der Waals surface area contributed by atoms with Gasteiger partial charge in [-0.2, -0.15) is 0 Å². The Morgan fingerprint density at radius 1 is 0.929 bits per heavy atom. The molecule has 1 N–H and O–H groups in total. The first kappa shape index (κ1) is 18.2. The minimum atomic E-state index is -0.276. The van der Waals surface area contributed by atoms with Crippen molar-refractivity contribution in [3.05, 3.63) is 101 Å². The summed E-state index contributed by atoms with van der Waals surface area (Å²) in [6, 6.07) is 22.5. The number of carbonyl (C=O) groups excluding carboxylic acids is 1. The fraction of sp³-hybridized carbons (Fsp3) is 0.208. The fourth-order valence-electron chi connectivity index (χ4n) is 3.64. The molecule has 0 fully saturated rings. The van der Waals surface area contributed by atoms with Gasteiger partial charge in [0.25, 0.3) is 5.91 Å². The molecule has 28 heavy (non-hydrogen) atoms. The molecule has 0 saturated heterocycles. The molecule has 142 valence electrons. The molecule has 0 atom stereocenters. The van der Waals surface area contributed by atoms with Gasteiger partial charge in [-0.1, -0.05) is 42.5 Å². The van der Waals surface area contributed by atoms with Gasteiger partial charge in [-0.05, 0) is 59.9 Å². The van der Waals surface area contributed by atoms with Crippen molar-refractivity contribution in [1.82, 2.24) is 5.32 Å². The third-order valence-electron chi connectivity index (χ3n) is 5.16. The van der Waals surface area contributed by atoms with E-state index in [0.717, 1.165) is 25.1 Å². The molecule has 4 heteroatoms. The second-order valence-corrected chi connectivity index (χ2v) is 7.16. The molecule has 1 heterocycles. The summed E-state index contributed by atoms with van der Waals surface area (Å²) in [5.41, 5.74) is 5.41. The van der Waals surface area contributed by atoms with Gasteiger partial charge in [-0.15, -0.1) is 0 Å². The third kappa shape index (κ3) is 4.22. The first-order valence-electron chi connectivity index (χ1n) is 9.63. The van der Waals surface area contributed by atoms with Crippen molar-refractivity contribution in [3.63, 3.8) is 0 Å². The standard InChI is InChI=1S/C24H23FN2O/c25-22-13-9-18(10-14-22)16-26-24(28)21-11-7-19(8-12-21)17-27-15-3-5-20-4-1-2-6-23(20)27/h1-2,4,6-14H,3,5,15-17H2,(H,26,28). The Morgan fingerprint density at radius 3 is 2.43 bits per heavy atom. The minimum Gasteiger partial charge on any atom is -0.367 e. The van der Waals surface area contributed by atoms with E-state index in [9.17, 15) is 9.18 Å². The van der Waals surface area contributed by atoms with Crippen molar-refractivity contribution in [1.29, 1.82) is 0 Å². The lowest BCUT2D eigenvalue weighted by molar-refractivity contribution is 0.0951. The number of halogens is 1. The normalized spacial score (nSPS) is 13.1. The van der Waals surface area contributed by atoms with E-state index in [0.29, 0.717) is 12.1 Å². The number of carbonyl (C=O) groups is 1. The van der Waals surface area contributed by atoms with Gasteiger partial charge in [0.2, 0.25) is 0 Å². The minimum absolute atomic E-state index is 0.126. The van der Waals surface area contributed by atoms with Crippen LogP contribution in [0.5, 0.6) is 0 Å². The highest BCUT2D eigenvalue weighted by molar-refractivity contribution is 5.94. The number of amides is 1. The van der Waals surface area contributed by atoms with E-state index in [1.807, 2.05) is 24.3 Å². The zero-order chi connectivity index (χ0) is 19.3. The highest BCUT2D eigenvalue weighted by atomic mass is 19.1. The second kappa shape index (κ2) is 8.26.